The summed E-state index contributed by atoms with van der Waals surface area (Å²) < 4.78 is 0. The van der Waals surface area contributed by atoms with E-state index in [0.29, 0.717) is 11.4 Å². The van der Waals surface area contributed by atoms with E-state index in [0.717, 1.165) is 0 Å². The average molecular weight is 181 g/mol. The molecule has 0 saturated carbocycles. The van der Waals surface area contributed by atoms with Gasteiger partial charge in [-0.3, -0.25) is 20.4 Å². The number of nitrogens with one attached hydrogen (secondary N) is 2. The lowest BCUT2D eigenvalue weighted by Crippen LogP contribution is -2.36. The maximum absolute atomic E-state index is 10.8. The number of ketones is 1. The molecule has 0 aromatic rings. The number of carbonyl (C=O) groups is 2. The lowest BCUT2D eigenvalue weighted by atomic mass is 10.1. The lowest BCUT2D eigenvalue weighted by Gasteiger charge is -2.13. The van der Waals surface area contributed by atoms with Crippen LogP contribution < -0.4 is 16.6 Å². The molecule has 0 heterocycles. The molecule has 0 aromatic carbocycles. The second kappa shape index (κ2) is 3.75. The molecule has 0 saturated heterocycles. The third-order valence-electron chi connectivity index (χ3n) is 1.52. The quantitative estimate of drug-likeness (QED) is 0.493. The SMILES string of the molecule is CC(=O)NNC1=C(N)CC(=O)C=C1. The Morgan fingerprint density at radius 2 is 2.23 bits per heavy atom. The van der Waals surface area contributed by atoms with Gasteiger partial charge in [0.25, 0.3) is 0 Å². The van der Waals surface area contributed by atoms with E-state index < -0.39 is 0 Å². The van der Waals surface area contributed by atoms with Gasteiger partial charge in [-0.05, 0) is 12.2 Å². The van der Waals surface area contributed by atoms with Crippen molar-refractivity contribution < 1.29 is 9.59 Å². The first-order chi connectivity index (χ1) is 6.09. The zero-order chi connectivity index (χ0) is 9.84. The Morgan fingerprint density at radius 3 is 2.77 bits per heavy atom. The topological polar surface area (TPSA) is 84.2 Å². The fourth-order valence-electron chi connectivity index (χ4n) is 0.902. The summed E-state index contributed by atoms with van der Waals surface area (Å²) in [4.78, 5) is 21.4. The first-order valence-corrected chi connectivity index (χ1v) is 3.81. The molecule has 1 aliphatic carbocycles. The first kappa shape index (κ1) is 9.31. The van der Waals surface area contributed by atoms with E-state index in [9.17, 15) is 9.59 Å². The molecule has 70 valence electrons. The van der Waals surface area contributed by atoms with E-state index in [1.54, 1.807) is 0 Å². The van der Waals surface area contributed by atoms with E-state index in [-0.39, 0.29) is 18.1 Å². The van der Waals surface area contributed by atoms with Gasteiger partial charge in [-0.15, -0.1) is 0 Å². The molecule has 1 aliphatic rings. The summed E-state index contributed by atoms with van der Waals surface area (Å²) in [6.07, 6.45) is 3.15. The highest BCUT2D eigenvalue weighted by atomic mass is 16.2. The second-order valence-corrected chi connectivity index (χ2v) is 2.72. The van der Waals surface area contributed by atoms with Crippen molar-refractivity contribution in [2.75, 3.05) is 0 Å². The monoisotopic (exact) mass is 181 g/mol. The maximum Gasteiger partial charge on any atom is 0.235 e. The number of hydrogen-bond donors (Lipinski definition) is 3. The summed E-state index contributed by atoms with van der Waals surface area (Å²) in [6.45, 7) is 1.38. The van der Waals surface area contributed by atoms with Crippen LogP contribution in [0.5, 0.6) is 0 Å². The minimum Gasteiger partial charge on any atom is -0.400 e. The van der Waals surface area contributed by atoms with E-state index in [4.69, 9.17) is 5.73 Å². The number of carbonyl (C=O) groups excluding carboxylic acids is 2. The summed E-state index contributed by atoms with van der Waals surface area (Å²) in [6, 6.07) is 0. The van der Waals surface area contributed by atoms with Gasteiger partial charge in [-0.2, -0.15) is 0 Å². The van der Waals surface area contributed by atoms with Gasteiger partial charge in [0.15, 0.2) is 5.78 Å². The largest absolute Gasteiger partial charge is 0.400 e. The Balaban J connectivity index is 2.59. The molecule has 1 amide bonds. The highest BCUT2D eigenvalue weighted by Gasteiger charge is 2.10. The Kier molecular flexibility index (Phi) is 2.69. The summed E-state index contributed by atoms with van der Waals surface area (Å²) >= 11 is 0. The van der Waals surface area contributed by atoms with Gasteiger partial charge in [0.2, 0.25) is 5.91 Å². The molecule has 1 rings (SSSR count). The molecule has 5 heteroatoms. The Morgan fingerprint density at radius 1 is 1.54 bits per heavy atom. The summed E-state index contributed by atoms with van der Waals surface area (Å²) in [7, 11) is 0. The molecule has 0 bridgehead atoms. The van der Waals surface area contributed by atoms with Gasteiger partial charge < -0.3 is 5.73 Å². The smallest absolute Gasteiger partial charge is 0.235 e. The molecule has 4 N–H and O–H groups in total. The summed E-state index contributed by atoms with van der Waals surface area (Å²) in [5.74, 6) is -0.253. The fraction of sp³-hybridized carbons (Fsp3) is 0.250. The molecule has 5 nitrogen and oxygen atoms in total. The second-order valence-electron chi connectivity index (χ2n) is 2.72. The minimum absolute atomic E-state index is 0.0362. The Bertz CT molecular complexity index is 305. The number of allylic oxidation sites excluding steroid dienone is 3. The predicted molar refractivity (Wildman–Crippen MR) is 46.9 cm³/mol. The van der Waals surface area contributed by atoms with Crippen molar-refractivity contribution >= 4 is 11.7 Å². The average Bonchev–Trinajstić information content (AvgIpc) is 2.02. The third-order valence-corrected chi connectivity index (χ3v) is 1.52. The van der Waals surface area contributed by atoms with Crippen molar-refractivity contribution in [3.05, 3.63) is 23.5 Å². The van der Waals surface area contributed by atoms with Gasteiger partial charge in [0, 0.05) is 12.6 Å². The fourth-order valence-corrected chi connectivity index (χ4v) is 0.902. The van der Waals surface area contributed by atoms with Crippen LogP contribution in [0.1, 0.15) is 13.3 Å². The number of amides is 1. The number of hydrazine groups is 1. The van der Waals surface area contributed by atoms with Crippen molar-refractivity contribution in [1.29, 1.82) is 0 Å². The molecule has 0 aromatic heterocycles. The number of nitrogens with two attached hydrogens (primary N) is 1. The van der Waals surface area contributed by atoms with E-state index in [2.05, 4.69) is 10.9 Å². The highest BCUT2D eigenvalue weighted by molar-refractivity contribution is 5.93. The molecule has 0 spiro atoms. The van der Waals surface area contributed by atoms with Gasteiger partial charge in [-0.1, -0.05) is 0 Å². The number of rotatable bonds is 2. The molecule has 0 unspecified atom stereocenters. The molecular weight excluding hydrogens is 170 g/mol. The first-order valence-electron chi connectivity index (χ1n) is 3.81. The van der Waals surface area contributed by atoms with Crippen LogP contribution in [-0.4, -0.2) is 11.7 Å². The summed E-state index contributed by atoms with van der Waals surface area (Å²) in [5, 5.41) is 0. The van der Waals surface area contributed by atoms with Crippen LogP contribution in [0, 0.1) is 0 Å². The minimum atomic E-state index is -0.217. The normalized spacial score (nSPS) is 15.9. The third kappa shape index (κ3) is 2.62. The zero-order valence-electron chi connectivity index (χ0n) is 7.26. The maximum atomic E-state index is 10.8. The zero-order valence-corrected chi connectivity index (χ0v) is 7.26. The van der Waals surface area contributed by atoms with Crippen molar-refractivity contribution in [3.63, 3.8) is 0 Å². The Labute approximate surface area is 75.6 Å². The van der Waals surface area contributed by atoms with Crippen LogP contribution >= 0.6 is 0 Å². The summed E-state index contributed by atoms with van der Waals surface area (Å²) in [5.41, 5.74) is 11.5. The van der Waals surface area contributed by atoms with Crippen LogP contribution in [0.3, 0.4) is 0 Å². The van der Waals surface area contributed by atoms with E-state index >= 15 is 0 Å². The molecule has 0 radical (unpaired) electrons. The van der Waals surface area contributed by atoms with Crippen LogP contribution in [0.15, 0.2) is 23.5 Å². The van der Waals surface area contributed by atoms with Crippen molar-refractivity contribution in [3.8, 4) is 0 Å². The van der Waals surface area contributed by atoms with Gasteiger partial charge in [0.1, 0.15) is 0 Å². The van der Waals surface area contributed by atoms with Crippen molar-refractivity contribution in [2.24, 2.45) is 5.73 Å². The van der Waals surface area contributed by atoms with Crippen LogP contribution in [0.4, 0.5) is 0 Å². The number of hydrogen-bond acceptors (Lipinski definition) is 4. The van der Waals surface area contributed by atoms with Gasteiger partial charge in [0.05, 0.1) is 12.1 Å². The highest BCUT2D eigenvalue weighted by Crippen LogP contribution is 2.08. The van der Waals surface area contributed by atoms with Crippen molar-refractivity contribution in [1.82, 2.24) is 10.9 Å². The van der Waals surface area contributed by atoms with Gasteiger partial charge >= 0.3 is 0 Å². The lowest BCUT2D eigenvalue weighted by molar-refractivity contribution is -0.119. The van der Waals surface area contributed by atoms with Crippen LogP contribution in [0.2, 0.25) is 0 Å². The van der Waals surface area contributed by atoms with Crippen molar-refractivity contribution in [2.45, 2.75) is 13.3 Å². The molecule has 13 heavy (non-hydrogen) atoms. The molecule has 0 fully saturated rings. The predicted octanol–water partition coefficient (Wildman–Crippen LogP) is -0.674. The Hall–Kier alpha value is -1.78. The standard InChI is InChI=1S/C8H11N3O2/c1-5(12)10-11-8-3-2-6(13)4-7(8)9/h2-3,11H,4,9H2,1H3,(H,10,12). The van der Waals surface area contributed by atoms with E-state index in [1.807, 2.05) is 0 Å². The van der Waals surface area contributed by atoms with E-state index in [1.165, 1.54) is 19.1 Å². The molecule has 0 atom stereocenters. The van der Waals surface area contributed by atoms with Gasteiger partial charge in [-0.25, -0.2) is 0 Å². The molecular formula is C8H11N3O2. The van der Waals surface area contributed by atoms with Crippen LogP contribution in [-0.2, 0) is 9.59 Å². The molecule has 0 aliphatic heterocycles. The van der Waals surface area contributed by atoms with Crippen LogP contribution in [0.25, 0.3) is 0 Å².